The van der Waals surface area contributed by atoms with Crippen LogP contribution in [0.4, 0.5) is 0 Å². The Morgan fingerprint density at radius 2 is 2.17 bits per heavy atom. The lowest BCUT2D eigenvalue weighted by atomic mass is 10.1. The molecule has 1 aromatic carbocycles. The van der Waals surface area contributed by atoms with Crippen molar-refractivity contribution in [1.82, 2.24) is 5.32 Å². The molecule has 0 aromatic heterocycles. The van der Waals surface area contributed by atoms with Crippen molar-refractivity contribution < 1.29 is 14.6 Å². The monoisotopic (exact) mass is 251 g/mol. The molecule has 0 bridgehead atoms. The Kier molecular flexibility index (Phi) is 6.22. The fraction of sp³-hybridized carbons (Fsp3) is 0.500. The van der Waals surface area contributed by atoms with E-state index >= 15 is 0 Å². The Labute approximate surface area is 108 Å². The minimum atomic E-state index is -0.322. The molecule has 1 aromatic rings. The SMILES string of the molecule is CCOc1ccccc1C(=O)NCCCC(C)O. The third-order valence-electron chi connectivity index (χ3n) is 2.52. The number of rotatable bonds is 7. The first-order chi connectivity index (χ1) is 8.65. The van der Waals surface area contributed by atoms with E-state index in [2.05, 4.69) is 5.32 Å². The third-order valence-corrected chi connectivity index (χ3v) is 2.52. The van der Waals surface area contributed by atoms with Crippen molar-refractivity contribution in [3.8, 4) is 5.75 Å². The molecule has 1 rings (SSSR count). The number of amides is 1. The minimum Gasteiger partial charge on any atom is -0.493 e. The van der Waals surface area contributed by atoms with E-state index in [0.29, 0.717) is 30.9 Å². The van der Waals surface area contributed by atoms with Gasteiger partial charge in [-0.15, -0.1) is 0 Å². The Morgan fingerprint density at radius 3 is 2.83 bits per heavy atom. The van der Waals surface area contributed by atoms with E-state index < -0.39 is 0 Å². The van der Waals surface area contributed by atoms with Gasteiger partial charge in [0.1, 0.15) is 5.75 Å². The third kappa shape index (κ3) is 4.75. The number of carbonyl (C=O) groups excluding carboxylic acids is 1. The number of carbonyl (C=O) groups is 1. The van der Waals surface area contributed by atoms with Crippen molar-refractivity contribution >= 4 is 5.91 Å². The highest BCUT2D eigenvalue weighted by atomic mass is 16.5. The summed E-state index contributed by atoms with van der Waals surface area (Å²) in [7, 11) is 0. The Bertz CT molecular complexity index is 377. The number of ether oxygens (including phenoxy) is 1. The highest BCUT2D eigenvalue weighted by Gasteiger charge is 2.10. The van der Waals surface area contributed by atoms with Crippen LogP contribution >= 0.6 is 0 Å². The summed E-state index contributed by atoms with van der Waals surface area (Å²) in [6.45, 7) is 4.72. The molecule has 1 atom stereocenters. The summed E-state index contributed by atoms with van der Waals surface area (Å²) in [5.74, 6) is 0.470. The number of aliphatic hydroxyl groups is 1. The van der Waals surface area contributed by atoms with Gasteiger partial charge in [-0.05, 0) is 38.8 Å². The first kappa shape index (κ1) is 14.5. The molecule has 0 fully saturated rings. The van der Waals surface area contributed by atoms with E-state index in [0.717, 1.165) is 6.42 Å². The molecule has 4 nitrogen and oxygen atoms in total. The Morgan fingerprint density at radius 1 is 1.44 bits per heavy atom. The molecule has 18 heavy (non-hydrogen) atoms. The highest BCUT2D eigenvalue weighted by Crippen LogP contribution is 2.17. The topological polar surface area (TPSA) is 58.6 Å². The van der Waals surface area contributed by atoms with Crippen LogP contribution in [0.1, 0.15) is 37.0 Å². The molecule has 0 saturated heterocycles. The van der Waals surface area contributed by atoms with Gasteiger partial charge in [0.25, 0.3) is 5.91 Å². The molecule has 0 aliphatic carbocycles. The molecule has 0 spiro atoms. The van der Waals surface area contributed by atoms with E-state index in [9.17, 15) is 4.79 Å². The molecular formula is C14H21NO3. The van der Waals surface area contributed by atoms with E-state index in [1.54, 1.807) is 19.1 Å². The lowest BCUT2D eigenvalue weighted by molar-refractivity contribution is 0.0946. The van der Waals surface area contributed by atoms with Gasteiger partial charge in [0.15, 0.2) is 0 Å². The van der Waals surface area contributed by atoms with Gasteiger partial charge in [0.05, 0.1) is 18.3 Å². The maximum atomic E-state index is 11.9. The number of hydrogen-bond acceptors (Lipinski definition) is 3. The average molecular weight is 251 g/mol. The number of benzene rings is 1. The molecule has 0 aliphatic rings. The fourth-order valence-electron chi connectivity index (χ4n) is 1.63. The predicted octanol–water partition coefficient (Wildman–Crippen LogP) is 1.98. The van der Waals surface area contributed by atoms with Gasteiger partial charge < -0.3 is 15.2 Å². The largest absolute Gasteiger partial charge is 0.493 e. The summed E-state index contributed by atoms with van der Waals surface area (Å²) in [6, 6.07) is 7.19. The molecule has 0 saturated carbocycles. The fourth-order valence-corrected chi connectivity index (χ4v) is 1.63. The van der Waals surface area contributed by atoms with E-state index in [1.807, 2.05) is 19.1 Å². The Balaban J connectivity index is 2.50. The van der Waals surface area contributed by atoms with Crippen LogP contribution in [0.25, 0.3) is 0 Å². The van der Waals surface area contributed by atoms with Gasteiger partial charge in [0, 0.05) is 6.54 Å². The van der Waals surface area contributed by atoms with Gasteiger partial charge in [-0.3, -0.25) is 4.79 Å². The second-order valence-corrected chi connectivity index (χ2v) is 4.18. The quantitative estimate of drug-likeness (QED) is 0.728. The summed E-state index contributed by atoms with van der Waals surface area (Å²) in [5.41, 5.74) is 0.552. The van der Waals surface area contributed by atoms with Crippen LogP contribution in [0.2, 0.25) is 0 Å². The molecular weight excluding hydrogens is 230 g/mol. The number of aliphatic hydroxyl groups excluding tert-OH is 1. The molecule has 1 unspecified atom stereocenters. The zero-order valence-electron chi connectivity index (χ0n) is 11.0. The number of para-hydroxylation sites is 1. The molecule has 4 heteroatoms. The molecule has 0 radical (unpaired) electrons. The minimum absolute atomic E-state index is 0.135. The second kappa shape index (κ2) is 7.71. The zero-order chi connectivity index (χ0) is 13.4. The van der Waals surface area contributed by atoms with Crippen LogP contribution in [0.15, 0.2) is 24.3 Å². The maximum Gasteiger partial charge on any atom is 0.255 e. The van der Waals surface area contributed by atoms with Gasteiger partial charge >= 0.3 is 0 Å². The maximum absolute atomic E-state index is 11.9. The van der Waals surface area contributed by atoms with Crippen LogP contribution in [0.3, 0.4) is 0 Å². The van der Waals surface area contributed by atoms with Crippen molar-refractivity contribution in [2.24, 2.45) is 0 Å². The lowest BCUT2D eigenvalue weighted by Gasteiger charge is -2.10. The van der Waals surface area contributed by atoms with Crippen LogP contribution in [-0.2, 0) is 0 Å². The molecule has 100 valence electrons. The first-order valence-corrected chi connectivity index (χ1v) is 6.33. The van der Waals surface area contributed by atoms with Gasteiger partial charge in [-0.2, -0.15) is 0 Å². The van der Waals surface area contributed by atoms with Crippen LogP contribution in [0, 0.1) is 0 Å². The summed E-state index contributed by atoms with van der Waals surface area (Å²) < 4.78 is 5.40. The molecule has 2 N–H and O–H groups in total. The second-order valence-electron chi connectivity index (χ2n) is 4.18. The van der Waals surface area contributed by atoms with Gasteiger partial charge in [-0.25, -0.2) is 0 Å². The van der Waals surface area contributed by atoms with E-state index in [1.165, 1.54) is 0 Å². The van der Waals surface area contributed by atoms with E-state index in [-0.39, 0.29) is 12.0 Å². The van der Waals surface area contributed by atoms with Crippen LogP contribution in [0.5, 0.6) is 5.75 Å². The van der Waals surface area contributed by atoms with Gasteiger partial charge in [-0.1, -0.05) is 12.1 Å². The highest BCUT2D eigenvalue weighted by molar-refractivity contribution is 5.96. The van der Waals surface area contributed by atoms with E-state index in [4.69, 9.17) is 9.84 Å². The summed E-state index contributed by atoms with van der Waals surface area (Å²) in [5, 5.41) is 11.9. The zero-order valence-corrected chi connectivity index (χ0v) is 11.0. The van der Waals surface area contributed by atoms with Crippen molar-refractivity contribution in [3.63, 3.8) is 0 Å². The van der Waals surface area contributed by atoms with Crippen molar-refractivity contribution in [2.75, 3.05) is 13.2 Å². The molecule has 1 amide bonds. The molecule has 0 aliphatic heterocycles. The Hall–Kier alpha value is -1.55. The number of hydrogen-bond donors (Lipinski definition) is 2. The summed E-state index contributed by atoms with van der Waals surface area (Å²) in [6.07, 6.45) is 1.13. The van der Waals surface area contributed by atoms with Crippen LogP contribution in [-0.4, -0.2) is 30.3 Å². The smallest absolute Gasteiger partial charge is 0.255 e. The number of nitrogens with one attached hydrogen (secondary N) is 1. The predicted molar refractivity (Wildman–Crippen MR) is 70.9 cm³/mol. The average Bonchev–Trinajstić information content (AvgIpc) is 2.35. The summed E-state index contributed by atoms with van der Waals surface area (Å²) >= 11 is 0. The van der Waals surface area contributed by atoms with Crippen LogP contribution < -0.4 is 10.1 Å². The van der Waals surface area contributed by atoms with Gasteiger partial charge in [0.2, 0.25) is 0 Å². The summed E-state index contributed by atoms with van der Waals surface area (Å²) in [4.78, 5) is 11.9. The van der Waals surface area contributed by atoms with Crippen molar-refractivity contribution in [1.29, 1.82) is 0 Å². The lowest BCUT2D eigenvalue weighted by Crippen LogP contribution is -2.25. The van der Waals surface area contributed by atoms with Crippen molar-refractivity contribution in [3.05, 3.63) is 29.8 Å². The standard InChI is InChI=1S/C14H21NO3/c1-3-18-13-9-5-4-8-12(13)14(17)15-10-6-7-11(2)16/h4-5,8-9,11,16H,3,6-7,10H2,1-2H3,(H,15,17). The normalized spacial score (nSPS) is 11.9. The molecule has 0 heterocycles. The first-order valence-electron chi connectivity index (χ1n) is 6.33. The van der Waals surface area contributed by atoms with Crippen molar-refractivity contribution in [2.45, 2.75) is 32.8 Å².